The molecule has 0 bridgehead atoms. The van der Waals surface area contributed by atoms with Gasteiger partial charge in [0.25, 0.3) is 0 Å². The van der Waals surface area contributed by atoms with E-state index in [9.17, 15) is 8.78 Å². The summed E-state index contributed by atoms with van der Waals surface area (Å²) < 4.78 is 27.1. The molecule has 0 amide bonds. The van der Waals surface area contributed by atoms with Crippen molar-refractivity contribution in [3.05, 3.63) is 65.0 Å². The van der Waals surface area contributed by atoms with E-state index in [0.717, 1.165) is 30.2 Å². The lowest BCUT2D eigenvalue weighted by Gasteiger charge is -2.21. The topological polar surface area (TPSA) is 24.9 Å². The first-order valence-corrected chi connectivity index (χ1v) is 6.72. The lowest BCUT2D eigenvalue weighted by Crippen LogP contribution is -2.25. The average molecular weight is 276 g/mol. The van der Waals surface area contributed by atoms with Crippen molar-refractivity contribution < 1.29 is 8.78 Å². The summed E-state index contributed by atoms with van der Waals surface area (Å²) in [6.45, 7) is 4.73. The highest BCUT2D eigenvalue weighted by molar-refractivity contribution is 5.36. The molecule has 0 fully saturated rings. The number of hydrogen-bond acceptors (Lipinski definition) is 2. The summed E-state index contributed by atoms with van der Waals surface area (Å²) in [7, 11) is 0. The molecule has 1 aromatic heterocycles. The minimum atomic E-state index is -0.563. The van der Waals surface area contributed by atoms with Crippen molar-refractivity contribution in [3.63, 3.8) is 0 Å². The van der Waals surface area contributed by atoms with Crippen LogP contribution in [-0.2, 0) is 0 Å². The Morgan fingerprint density at radius 1 is 1.20 bits per heavy atom. The molecule has 106 valence electrons. The van der Waals surface area contributed by atoms with Crippen LogP contribution in [0.3, 0.4) is 0 Å². The first kappa shape index (κ1) is 14.6. The second kappa shape index (κ2) is 6.57. The van der Waals surface area contributed by atoms with E-state index >= 15 is 0 Å². The van der Waals surface area contributed by atoms with Crippen LogP contribution in [0.2, 0.25) is 0 Å². The Hall–Kier alpha value is -1.81. The number of benzene rings is 1. The van der Waals surface area contributed by atoms with E-state index in [1.807, 2.05) is 19.9 Å². The highest BCUT2D eigenvalue weighted by Gasteiger charge is 2.19. The van der Waals surface area contributed by atoms with Crippen molar-refractivity contribution in [3.8, 4) is 0 Å². The fourth-order valence-electron chi connectivity index (χ4n) is 2.22. The monoisotopic (exact) mass is 276 g/mol. The average Bonchev–Trinajstić information content (AvgIpc) is 2.42. The molecule has 2 nitrogen and oxygen atoms in total. The minimum Gasteiger partial charge on any atom is -0.306 e. The van der Waals surface area contributed by atoms with Crippen LogP contribution in [0.1, 0.15) is 36.1 Å². The molecule has 0 aliphatic carbocycles. The van der Waals surface area contributed by atoms with Crippen LogP contribution in [0.4, 0.5) is 8.78 Å². The maximum Gasteiger partial charge on any atom is 0.131 e. The molecular formula is C16H18F2N2. The van der Waals surface area contributed by atoms with Gasteiger partial charge in [-0.15, -0.1) is 0 Å². The van der Waals surface area contributed by atoms with Gasteiger partial charge in [-0.1, -0.05) is 13.0 Å². The van der Waals surface area contributed by atoms with Crippen molar-refractivity contribution in [1.29, 1.82) is 0 Å². The van der Waals surface area contributed by atoms with E-state index in [4.69, 9.17) is 0 Å². The van der Waals surface area contributed by atoms with Crippen LogP contribution in [0.5, 0.6) is 0 Å². The predicted molar refractivity (Wildman–Crippen MR) is 75.5 cm³/mol. The summed E-state index contributed by atoms with van der Waals surface area (Å²) in [5, 5.41) is 3.31. The van der Waals surface area contributed by atoms with Crippen LogP contribution in [0, 0.1) is 18.6 Å². The molecule has 0 spiro atoms. The second-order valence-corrected chi connectivity index (χ2v) is 4.79. The molecule has 0 aliphatic rings. The normalized spacial score (nSPS) is 12.4. The standard InChI is InChI=1S/C16H18F2N2/c1-3-7-20-16(13-6-8-19-10-11(13)2)14-5-4-12(17)9-15(14)18/h4-6,8-10,16,20H,3,7H2,1-2H3. The number of aryl methyl sites for hydroxylation is 1. The third kappa shape index (κ3) is 3.20. The Balaban J connectivity index is 2.44. The Labute approximate surface area is 117 Å². The van der Waals surface area contributed by atoms with E-state index in [-0.39, 0.29) is 6.04 Å². The number of nitrogens with zero attached hydrogens (tertiary/aromatic N) is 1. The molecule has 1 N–H and O–H groups in total. The molecule has 2 rings (SSSR count). The molecule has 1 unspecified atom stereocenters. The SMILES string of the molecule is CCCNC(c1ccncc1C)c1ccc(F)cc1F. The van der Waals surface area contributed by atoms with Gasteiger partial charge >= 0.3 is 0 Å². The van der Waals surface area contributed by atoms with Gasteiger partial charge in [-0.2, -0.15) is 0 Å². The highest BCUT2D eigenvalue weighted by Crippen LogP contribution is 2.26. The predicted octanol–water partition coefficient (Wildman–Crippen LogP) is 3.76. The fraction of sp³-hybridized carbons (Fsp3) is 0.312. The number of pyridine rings is 1. The van der Waals surface area contributed by atoms with Crippen LogP contribution in [0.25, 0.3) is 0 Å². The summed E-state index contributed by atoms with van der Waals surface area (Å²) in [4.78, 5) is 4.06. The van der Waals surface area contributed by atoms with Crippen molar-refractivity contribution in [2.75, 3.05) is 6.54 Å². The van der Waals surface area contributed by atoms with Crippen LogP contribution in [0.15, 0.2) is 36.7 Å². The first-order valence-electron chi connectivity index (χ1n) is 6.72. The molecule has 1 atom stereocenters. The number of aromatic nitrogens is 1. The van der Waals surface area contributed by atoms with E-state index in [1.54, 1.807) is 12.4 Å². The largest absolute Gasteiger partial charge is 0.306 e. The smallest absolute Gasteiger partial charge is 0.131 e. The van der Waals surface area contributed by atoms with Crippen LogP contribution in [-0.4, -0.2) is 11.5 Å². The molecule has 0 radical (unpaired) electrons. The van der Waals surface area contributed by atoms with Crippen LogP contribution < -0.4 is 5.32 Å². The quantitative estimate of drug-likeness (QED) is 0.899. The molecule has 0 saturated carbocycles. The molecular weight excluding hydrogens is 258 g/mol. The number of hydrogen-bond donors (Lipinski definition) is 1. The lowest BCUT2D eigenvalue weighted by atomic mass is 9.95. The molecule has 1 heterocycles. The van der Waals surface area contributed by atoms with Crippen molar-refractivity contribution in [1.82, 2.24) is 10.3 Å². The number of nitrogens with one attached hydrogen (secondary N) is 1. The Morgan fingerprint density at radius 3 is 2.65 bits per heavy atom. The van der Waals surface area contributed by atoms with Crippen molar-refractivity contribution >= 4 is 0 Å². The minimum absolute atomic E-state index is 0.293. The van der Waals surface area contributed by atoms with Crippen LogP contribution >= 0.6 is 0 Å². The van der Waals surface area contributed by atoms with Gasteiger partial charge in [-0.3, -0.25) is 4.98 Å². The summed E-state index contributed by atoms with van der Waals surface area (Å²) in [6, 6.07) is 5.28. The van der Waals surface area contributed by atoms with Gasteiger partial charge in [0, 0.05) is 24.0 Å². The zero-order chi connectivity index (χ0) is 14.5. The molecule has 0 saturated heterocycles. The van der Waals surface area contributed by atoms with E-state index < -0.39 is 11.6 Å². The highest BCUT2D eigenvalue weighted by atomic mass is 19.1. The van der Waals surface area contributed by atoms with Gasteiger partial charge in [0.05, 0.1) is 6.04 Å². The summed E-state index contributed by atoms with van der Waals surface area (Å²) in [6.07, 6.45) is 4.37. The molecule has 1 aromatic carbocycles. The lowest BCUT2D eigenvalue weighted by molar-refractivity contribution is 0.531. The van der Waals surface area contributed by atoms with Crippen molar-refractivity contribution in [2.45, 2.75) is 26.3 Å². The maximum atomic E-state index is 14.0. The zero-order valence-corrected chi connectivity index (χ0v) is 11.7. The molecule has 4 heteroatoms. The maximum absolute atomic E-state index is 14.0. The first-order chi connectivity index (χ1) is 9.63. The summed E-state index contributed by atoms with van der Waals surface area (Å²) >= 11 is 0. The second-order valence-electron chi connectivity index (χ2n) is 4.79. The van der Waals surface area contributed by atoms with Crippen molar-refractivity contribution in [2.24, 2.45) is 0 Å². The third-order valence-electron chi connectivity index (χ3n) is 3.25. The summed E-state index contributed by atoms with van der Waals surface area (Å²) in [5.41, 5.74) is 2.39. The Kier molecular flexibility index (Phi) is 4.79. The molecule has 2 aromatic rings. The van der Waals surface area contributed by atoms with Gasteiger partial charge in [-0.05, 0) is 43.1 Å². The van der Waals surface area contributed by atoms with Gasteiger partial charge in [0.15, 0.2) is 0 Å². The van der Waals surface area contributed by atoms with Gasteiger partial charge in [0.2, 0.25) is 0 Å². The Bertz CT molecular complexity index is 584. The van der Waals surface area contributed by atoms with E-state index in [1.165, 1.54) is 12.1 Å². The van der Waals surface area contributed by atoms with Gasteiger partial charge in [0.1, 0.15) is 11.6 Å². The molecule has 0 aliphatic heterocycles. The number of rotatable bonds is 5. The molecule has 20 heavy (non-hydrogen) atoms. The number of halogens is 2. The summed E-state index contributed by atoms with van der Waals surface area (Å²) in [5.74, 6) is -1.10. The van der Waals surface area contributed by atoms with Gasteiger partial charge < -0.3 is 5.32 Å². The fourth-order valence-corrected chi connectivity index (χ4v) is 2.22. The van der Waals surface area contributed by atoms with E-state index in [2.05, 4.69) is 10.3 Å². The van der Waals surface area contributed by atoms with E-state index in [0.29, 0.717) is 5.56 Å². The third-order valence-corrected chi connectivity index (χ3v) is 3.25. The zero-order valence-electron chi connectivity index (χ0n) is 11.7. The Morgan fingerprint density at radius 2 is 2.00 bits per heavy atom. The van der Waals surface area contributed by atoms with Gasteiger partial charge in [-0.25, -0.2) is 8.78 Å².